The molecule has 0 saturated carbocycles. The van der Waals surface area contributed by atoms with E-state index in [9.17, 15) is 0 Å². The molecule has 6 heteroatoms. The van der Waals surface area contributed by atoms with Crippen LogP contribution in [0.15, 0.2) is 29.3 Å². The van der Waals surface area contributed by atoms with E-state index in [4.69, 9.17) is 21.1 Å². The zero-order chi connectivity index (χ0) is 17.3. The number of nitrogens with zero attached hydrogens (tertiary/aromatic N) is 1. The summed E-state index contributed by atoms with van der Waals surface area (Å²) < 4.78 is 11.4. The first-order valence-electron chi connectivity index (χ1n) is 8.60. The molecule has 1 fully saturated rings. The summed E-state index contributed by atoms with van der Waals surface area (Å²) in [4.78, 5) is 4.63. The molecule has 134 valence electrons. The molecular weight excluding hydrogens is 326 g/mol. The summed E-state index contributed by atoms with van der Waals surface area (Å²) in [6.45, 7) is 8.43. The van der Waals surface area contributed by atoms with Crippen molar-refractivity contribution in [1.29, 1.82) is 0 Å². The Bertz CT molecular complexity index is 514. The van der Waals surface area contributed by atoms with Gasteiger partial charge < -0.3 is 20.1 Å². The van der Waals surface area contributed by atoms with E-state index in [1.165, 1.54) is 0 Å². The molecule has 1 aliphatic heterocycles. The van der Waals surface area contributed by atoms with Crippen LogP contribution < -0.4 is 10.6 Å². The molecule has 1 aliphatic rings. The summed E-state index contributed by atoms with van der Waals surface area (Å²) in [7, 11) is 0. The number of guanidine groups is 1. The number of halogens is 1. The van der Waals surface area contributed by atoms with Gasteiger partial charge in [0, 0.05) is 24.7 Å². The van der Waals surface area contributed by atoms with Crippen LogP contribution >= 0.6 is 11.6 Å². The zero-order valence-electron chi connectivity index (χ0n) is 14.6. The third-order valence-corrected chi connectivity index (χ3v) is 4.19. The van der Waals surface area contributed by atoms with E-state index in [0.29, 0.717) is 26.3 Å². The monoisotopic (exact) mass is 353 g/mol. The first kappa shape index (κ1) is 19.0. The zero-order valence-corrected chi connectivity index (χ0v) is 15.4. The largest absolute Gasteiger partial charge is 0.375 e. The Labute approximate surface area is 149 Å². The van der Waals surface area contributed by atoms with E-state index < -0.39 is 0 Å². The first-order valence-corrected chi connectivity index (χ1v) is 8.97. The minimum absolute atomic E-state index is 0.118. The van der Waals surface area contributed by atoms with Crippen molar-refractivity contribution in [1.82, 2.24) is 10.6 Å². The lowest BCUT2D eigenvalue weighted by Crippen LogP contribution is -2.40. The van der Waals surface area contributed by atoms with Crippen LogP contribution in [0, 0.1) is 0 Å². The maximum absolute atomic E-state index is 5.87. The van der Waals surface area contributed by atoms with Crippen molar-refractivity contribution in [3.05, 3.63) is 34.9 Å². The Balaban J connectivity index is 1.68. The normalized spacial score (nSPS) is 21.0. The molecule has 1 aromatic carbocycles. The highest BCUT2D eigenvalue weighted by Gasteiger charge is 2.29. The van der Waals surface area contributed by atoms with Gasteiger partial charge in [-0.25, -0.2) is 0 Å². The van der Waals surface area contributed by atoms with Gasteiger partial charge in [-0.15, -0.1) is 0 Å². The number of benzene rings is 1. The topological polar surface area (TPSA) is 54.9 Å². The summed E-state index contributed by atoms with van der Waals surface area (Å²) in [6, 6.07) is 7.70. The van der Waals surface area contributed by atoms with Crippen LogP contribution in [-0.2, 0) is 16.1 Å². The van der Waals surface area contributed by atoms with E-state index in [1.54, 1.807) is 0 Å². The SMILES string of the molecule is CCNC(=NCC1(C)CCCO1)NCCOCc1ccc(Cl)cc1. The lowest BCUT2D eigenvalue weighted by molar-refractivity contribution is 0.0283. The highest BCUT2D eigenvalue weighted by molar-refractivity contribution is 6.30. The summed E-state index contributed by atoms with van der Waals surface area (Å²) in [5.41, 5.74) is 0.999. The molecule has 1 heterocycles. The molecule has 1 unspecified atom stereocenters. The molecule has 0 radical (unpaired) electrons. The van der Waals surface area contributed by atoms with Crippen molar-refractivity contribution in [3.63, 3.8) is 0 Å². The second kappa shape index (κ2) is 9.87. The van der Waals surface area contributed by atoms with Crippen LogP contribution in [0.2, 0.25) is 5.02 Å². The second-order valence-corrected chi connectivity index (χ2v) is 6.64. The number of ether oxygens (including phenoxy) is 2. The Kier molecular flexibility index (Phi) is 7.82. The van der Waals surface area contributed by atoms with Gasteiger partial charge in [-0.1, -0.05) is 23.7 Å². The van der Waals surface area contributed by atoms with Crippen LogP contribution in [0.3, 0.4) is 0 Å². The summed E-state index contributed by atoms with van der Waals surface area (Å²) in [6.07, 6.45) is 2.19. The molecule has 0 bridgehead atoms. The van der Waals surface area contributed by atoms with Crippen LogP contribution in [0.25, 0.3) is 0 Å². The van der Waals surface area contributed by atoms with E-state index in [1.807, 2.05) is 24.3 Å². The smallest absolute Gasteiger partial charge is 0.191 e. The quantitative estimate of drug-likeness (QED) is 0.428. The van der Waals surface area contributed by atoms with Crippen molar-refractivity contribution >= 4 is 17.6 Å². The summed E-state index contributed by atoms with van der Waals surface area (Å²) in [5.74, 6) is 0.810. The molecule has 1 aromatic rings. The average molecular weight is 354 g/mol. The molecule has 2 rings (SSSR count). The highest BCUT2D eigenvalue weighted by Crippen LogP contribution is 2.24. The molecule has 0 aliphatic carbocycles. The molecule has 0 spiro atoms. The van der Waals surface area contributed by atoms with Crippen LogP contribution in [0.1, 0.15) is 32.3 Å². The van der Waals surface area contributed by atoms with Gasteiger partial charge in [0.15, 0.2) is 5.96 Å². The molecule has 1 saturated heterocycles. The first-order chi connectivity index (χ1) is 11.6. The molecule has 24 heavy (non-hydrogen) atoms. The minimum atomic E-state index is -0.118. The number of aliphatic imine (C=N–C) groups is 1. The minimum Gasteiger partial charge on any atom is -0.375 e. The van der Waals surface area contributed by atoms with Gasteiger partial charge in [0.25, 0.3) is 0 Å². The van der Waals surface area contributed by atoms with Crippen molar-refractivity contribution in [2.75, 3.05) is 32.8 Å². The highest BCUT2D eigenvalue weighted by atomic mass is 35.5. The van der Waals surface area contributed by atoms with E-state index in [0.717, 1.165) is 42.5 Å². The third-order valence-electron chi connectivity index (χ3n) is 3.94. The van der Waals surface area contributed by atoms with Crippen molar-refractivity contribution in [3.8, 4) is 0 Å². The molecule has 0 aromatic heterocycles. The van der Waals surface area contributed by atoms with Gasteiger partial charge >= 0.3 is 0 Å². The van der Waals surface area contributed by atoms with Crippen molar-refractivity contribution < 1.29 is 9.47 Å². The van der Waals surface area contributed by atoms with Crippen LogP contribution in [0.4, 0.5) is 0 Å². The van der Waals surface area contributed by atoms with Gasteiger partial charge in [-0.2, -0.15) is 0 Å². The molecular formula is C18H28ClN3O2. The lowest BCUT2D eigenvalue weighted by Gasteiger charge is -2.21. The summed E-state index contributed by atoms with van der Waals surface area (Å²) in [5, 5.41) is 7.29. The van der Waals surface area contributed by atoms with E-state index in [-0.39, 0.29) is 5.60 Å². The van der Waals surface area contributed by atoms with Crippen LogP contribution in [0.5, 0.6) is 0 Å². The van der Waals surface area contributed by atoms with Gasteiger partial charge in [-0.05, 0) is 44.4 Å². The Morgan fingerprint density at radius 1 is 1.33 bits per heavy atom. The number of rotatable bonds is 8. The van der Waals surface area contributed by atoms with Gasteiger partial charge in [0.2, 0.25) is 0 Å². The standard InChI is InChI=1S/C18H28ClN3O2/c1-3-20-17(22-14-18(2)9-4-11-24-18)21-10-12-23-13-15-5-7-16(19)8-6-15/h5-8H,3-4,9-14H2,1-2H3,(H2,20,21,22). The molecule has 2 N–H and O–H groups in total. The Hall–Kier alpha value is -1.30. The number of hydrogen-bond donors (Lipinski definition) is 2. The summed E-state index contributed by atoms with van der Waals surface area (Å²) >= 11 is 5.87. The number of hydrogen-bond acceptors (Lipinski definition) is 3. The third kappa shape index (κ3) is 6.67. The second-order valence-electron chi connectivity index (χ2n) is 6.20. The maximum Gasteiger partial charge on any atom is 0.191 e. The van der Waals surface area contributed by atoms with E-state index >= 15 is 0 Å². The van der Waals surface area contributed by atoms with Crippen molar-refractivity contribution in [2.45, 2.75) is 38.9 Å². The fraction of sp³-hybridized carbons (Fsp3) is 0.611. The Morgan fingerprint density at radius 3 is 2.79 bits per heavy atom. The van der Waals surface area contributed by atoms with Gasteiger partial charge in [0.1, 0.15) is 0 Å². The van der Waals surface area contributed by atoms with Crippen LogP contribution in [-0.4, -0.2) is 44.4 Å². The van der Waals surface area contributed by atoms with E-state index in [2.05, 4.69) is 29.5 Å². The fourth-order valence-electron chi connectivity index (χ4n) is 2.56. The lowest BCUT2D eigenvalue weighted by atomic mass is 10.0. The number of nitrogens with one attached hydrogen (secondary N) is 2. The van der Waals surface area contributed by atoms with Gasteiger partial charge in [0.05, 0.1) is 25.4 Å². The molecule has 0 amide bonds. The van der Waals surface area contributed by atoms with Crippen molar-refractivity contribution in [2.24, 2.45) is 4.99 Å². The average Bonchev–Trinajstić information content (AvgIpc) is 3.01. The predicted octanol–water partition coefficient (Wildman–Crippen LogP) is 2.98. The molecule has 1 atom stereocenters. The predicted molar refractivity (Wildman–Crippen MR) is 98.7 cm³/mol. The molecule has 5 nitrogen and oxygen atoms in total. The Morgan fingerprint density at radius 2 is 2.12 bits per heavy atom. The maximum atomic E-state index is 5.87. The van der Waals surface area contributed by atoms with Gasteiger partial charge in [-0.3, -0.25) is 4.99 Å². The fourth-order valence-corrected chi connectivity index (χ4v) is 2.69.